The quantitative estimate of drug-likeness (QED) is 0.740. The summed E-state index contributed by atoms with van der Waals surface area (Å²) in [6.45, 7) is 7.74. The molecule has 2 saturated heterocycles. The molecule has 6 nitrogen and oxygen atoms in total. The van der Waals surface area contributed by atoms with E-state index in [1.807, 2.05) is 12.3 Å². The number of pyridine rings is 1. The van der Waals surface area contributed by atoms with Crippen LogP contribution in [0.5, 0.6) is 11.6 Å². The first kappa shape index (κ1) is 19.8. The van der Waals surface area contributed by atoms with Gasteiger partial charge in [-0.05, 0) is 54.6 Å². The van der Waals surface area contributed by atoms with Crippen molar-refractivity contribution in [2.75, 3.05) is 52.5 Å². The van der Waals surface area contributed by atoms with E-state index in [4.69, 9.17) is 9.47 Å². The van der Waals surface area contributed by atoms with Gasteiger partial charge >= 0.3 is 0 Å². The summed E-state index contributed by atoms with van der Waals surface area (Å²) in [4.78, 5) is 9.17. The van der Waals surface area contributed by atoms with Crippen LogP contribution in [-0.2, 0) is 4.74 Å². The molecule has 0 radical (unpaired) electrons. The van der Waals surface area contributed by atoms with Crippen LogP contribution in [0.15, 0.2) is 36.5 Å². The van der Waals surface area contributed by atoms with Gasteiger partial charge in [0.25, 0.3) is 0 Å². The van der Waals surface area contributed by atoms with Gasteiger partial charge in [0.2, 0.25) is 5.88 Å². The van der Waals surface area contributed by atoms with Gasteiger partial charge in [-0.15, -0.1) is 0 Å². The van der Waals surface area contributed by atoms with E-state index in [9.17, 15) is 5.11 Å². The monoisotopic (exact) mass is 409 g/mol. The normalized spacial score (nSPS) is 24.4. The Labute approximate surface area is 178 Å². The fourth-order valence-electron chi connectivity index (χ4n) is 5.17. The van der Waals surface area contributed by atoms with Crippen molar-refractivity contribution in [3.05, 3.63) is 53.2 Å². The summed E-state index contributed by atoms with van der Waals surface area (Å²) in [5, 5.41) is 9.58. The van der Waals surface area contributed by atoms with Gasteiger partial charge in [0.05, 0.1) is 19.8 Å². The molecule has 0 saturated carbocycles. The van der Waals surface area contributed by atoms with E-state index in [1.165, 1.54) is 29.5 Å². The number of fused-ring (bicyclic) bond motifs is 3. The second kappa shape index (κ2) is 8.92. The van der Waals surface area contributed by atoms with E-state index in [1.54, 1.807) is 6.07 Å². The van der Waals surface area contributed by atoms with Crippen LogP contribution < -0.4 is 4.74 Å². The summed E-state index contributed by atoms with van der Waals surface area (Å²) in [6, 6.07) is 10.8. The van der Waals surface area contributed by atoms with Crippen molar-refractivity contribution in [1.29, 1.82) is 0 Å². The maximum absolute atomic E-state index is 9.58. The van der Waals surface area contributed by atoms with E-state index >= 15 is 0 Å². The Morgan fingerprint density at radius 1 is 1.10 bits per heavy atom. The van der Waals surface area contributed by atoms with E-state index in [-0.39, 0.29) is 11.8 Å². The lowest BCUT2D eigenvalue weighted by molar-refractivity contribution is 0.0358. The summed E-state index contributed by atoms with van der Waals surface area (Å²) < 4.78 is 11.6. The number of ether oxygens (including phenoxy) is 2. The maximum atomic E-state index is 9.58. The molecule has 1 aromatic carbocycles. The number of hydrogen-bond acceptors (Lipinski definition) is 6. The smallest absolute Gasteiger partial charge is 0.210 e. The molecule has 0 unspecified atom stereocenters. The molecule has 6 heteroatoms. The minimum Gasteiger partial charge on any atom is -0.494 e. The predicted octanol–water partition coefficient (Wildman–Crippen LogP) is 3.17. The molecule has 2 aromatic rings. The lowest BCUT2D eigenvalue weighted by Gasteiger charge is -2.37. The molecule has 0 aliphatic carbocycles. The van der Waals surface area contributed by atoms with Gasteiger partial charge in [-0.1, -0.05) is 12.1 Å². The average molecular weight is 410 g/mol. The minimum atomic E-state index is 0.0784. The number of benzene rings is 1. The second-order valence-corrected chi connectivity index (χ2v) is 8.60. The van der Waals surface area contributed by atoms with Gasteiger partial charge in [-0.2, -0.15) is 0 Å². The number of aromatic nitrogens is 1. The zero-order chi connectivity index (χ0) is 20.3. The molecule has 1 N–H and O–H groups in total. The van der Waals surface area contributed by atoms with Crippen molar-refractivity contribution in [3.63, 3.8) is 0 Å². The Hall–Kier alpha value is -2.15. The van der Waals surface area contributed by atoms with Crippen LogP contribution in [0.2, 0.25) is 0 Å². The Bertz CT molecular complexity index is 851. The first-order valence-electron chi connectivity index (χ1n) is 11.2. The van der Waals surface area contributed by atoms with Crippen molar-refractivity contribution in [1.82, 2.24) is 14.8 Å². The van der Waals surface area contributed by atoms with Crippen LogP contribution in [0.1, 0.15) is 47.9 Å². The Morgan fingerprint density at radius 3 is 2.83 bits per heavy atom. The van der Waals surface area contributed by atoms with Crippen LogP contribution in [0, 0.1) is 0 Å². The molecule has 3 aliphatic rings. The van der Waals surface area contributed by atoms with Gasteiger partial charge in [0.15, 0.2) is 0 Å². The molecule has 2 fully saturated rings. The molecule has 3 aliphatic heterocycles. The topological polar surface area (TPSA) is 58.1 Å². The molecule has 30 heavy (non-hydrogen) atoms. The number of rotatable bonds is 6. The highest BCUT2D eigenvalue weighted by Gasteiger charge is 2.36. The average Bonchev–Trinajstić information content (AvgIpc) is 3.26. The summed E-state index contributed by atoms with van der Waals surface area (Å²) in [6.07, 6.45) is 5.31. The molecule has 2 atom stereocenters. The number of morpholine rings is 1. The van der Waals surface area contributed by atoms with Gasteiger partial charge in [-0.3, -0.25) is 9.80 Å². The van der Waals surface area contributed by atoms with Crippen molar-refractivity contribution in [3.8, 4) is 11.6 Å². The molecule has 5 rings (SSSR count). The van der Waals surface area contributed by atoms with E-state index < -0.39 is 0 Å². The molecule has 1 aromatic heterocycles. The molecule has 0 spiro atoms. The fraction of sp³-hybridized carbons (Fsp3) is 0.542. The maximum Gasteiger partial charge on any atom is 0.210 e. The third kappa shape index (κ3) is 4.17. The Balaban J connectivity index is 1.29. The molecule has 0 bridgehead atoms. The van der Waals surface area contributed by atoms with Crippen LogP contribution in [0.3, 0.4) is 0 Å². The number of nitrogens with zero attached hydrogens (tertiary/aromatic N) is 3. The van der Waals surface area contributed by atoms with Gasteiger partial charge in [0, 0.05) is 50.4 Å². The Morgan fingerprint density at radius 2 is 2.00 bits per heavy atom. The van der Waals surface area contributed by atoms with Crippen LogP contribution in [0.4, 0.5) is 0 Å². The zero-order valence-corrected chi connectivity index (χ0v) is 17.5. The first-order valence-corrected chi connectivity index (χ1v) is 11.2. The summed E-state index contributed by atoms with van der Waals surface area (Å²) in [5.74, 6) is 1.35. The second-order valence-electron chi connectivity index (χ2n) is 8.60. The highest BCUT2D eigenvalue weighted by Crippen LogP contribution is 2.45. The fourth-order valence-corrected chi connectivity index (χ4v) is 5.17. The first-order chi connectivity index (χ1) is 14.8. The highest BCUT2D eigenvalue weighted by molar-refractivity contribution is 5.46. The summed E-state index contributed by atoms with van der Waals surface area (Å²) >= 11 is 0. The summed E-state index contributed by atoms with van der Waals surface area (Å²) in [7, 11) is 0. The van der Waals surface area contributed by atoms with Crippen LogP contribution >= 0.6 is 0 Å². The standard InChI is InChI=1S/C24H31N3O3/c28-24-7-4-18(16-25-24)22-17-27-9-1-3-23(27)21-15-19(5-6-20(21)22)30-12-2-8-26-10-13-29-14-11-26/h4-7,15-16,22-23H,1-3,8-14,17H2,(H,25,28)/t22-,23-/m1/s1. The van der Waals surface area contributed by atoms with Gasteiger partial charge in [-0.25, -0.2) is 4.98 Å². The molecular formula is C24H31N3O3. The van der Waals surface area contributed by atoms with Gasteiger partial charge < -0.3 is 14.6 Å². The van der Waals surface area contributed by atoms with Crippen molar-refractivity contribution in [2.45, 2.75) is 31.2 Å². The summed E-state index contributed by atoms with van der Waals surface area (Å²) in [5.41, 5.74) is 3.95. The van der Waals surface area contributed by atoms with Crippen molar-refractivity contribution >= 4 is 0 Å². The number of aromatic hydroxyl groups is 1. The highest BCUT2D eigenvalue weighted by atomic mass is 16.5. The largest absolute Gasteiger partial charge is 0.494 e. The van der Waals surface area contributed by atoms with Gasteiger partial charge in [0.1, 0.15) is 5.75 Å². The van der Waals surface area contributed by atoms with E-state index in [0.29, 0.717) is 6.04 Å². The third-order valence-electron chi connectivity index (χ3n) is 6.74. The molecule has 0 amide bonds. The Kier molecular flexibility index (Phi) is 5.88. The third-order valence-corrected chi connectivity index (χ3v) is 6.74. The molecule has 160 valence electrons. The van der Waals surface area contributed by atoms with Crippen molar-refractivity contribution < 1.29 is 14.6 Å². The van der Waals surface area contributed by atoms with E-state index in [2.05, 4.69) is 33.0 Å². The number of hydrogen-bond donors (Lipinski definition) is 1. The SMILES string of the molecule is Oc1ccc([C@H]2CN3CCC[C@@H]3c3cc(OCCCN4CCOCC4)ccc32)cn1. The minimum absolute atomic E-state index is 0.0784. The molecule has 4 heterocycles. The van der Waals surface area contributed by atoms with Crippen molar-refractivity contribution in [2.24, 2.45) is 0 Å². The van der Waals surface area contributed by atoms with E-state index in [0.717, 1.165) is 64.7 Å². The predicted molar refractivity (Wildman–Crippen MR) is 115 cm³/mol. The van der Waals surface area contributed by atoms with Crippen LogP contribution in [0.25, 0.3) is 0 Å². The lowest BCUT2D eigenvalue weighted by atomic mass is 9.82. The lowest BCUT2D eigenvalue weighted by Crippen LogP contribution is -2.37. The zero-order valence-electron chi connectivity index (χ0n) is 17.5. The molecular weight excluding hydrogens is 378 g/mol. The van der Waals surface area contributed by atoms with Crippen LogP contribution in [-0.4, -0.2) is 72.4 Å².